The fraction of sp³-hybridized carbons (Fsp3) is 0.357. The summed E-state index contributed by atoms with van der Waals surface area (Å²) in [5, 5.41) is 3.56. The SMILES string of the molecule is FC(F)(F)c1ccn(CC2OCCc3ccccc32)n1. The van der Waals surface area contributed by atoms with E-state index < -0.39 is 11.9 Å². The number of fused-ring (bicyclic) bond motifs is 1. The molecule has 1 aromatic carbocycles. The standard InChI is InChI=1S/C14H13F3N2O/c15-14(16,17)13-5-7-19(18-13)9-12-11-4-2-1-3-10(11)6-8-20-12/h1-5,7,12H,6,8-9H2. The third-order valence-electron chi connectivity index (χ3n) is 3.38. The number of alkyl halides is 3. The molecule has 106 valence electrons. The Hall–Kier alpha value is -1.82. The Morgan fingerprint density at radius 2 is 2.05 bits per heavy atom. The van der Waals surface area contributed by atoms with Crippen molar-refractivity contribution in [1.82, 2.24) is 9.78 Å². The van der Waals surface area contributed by atoms with Crippen molar-refractivity contribution in [2.24, 2.45) is 0 Å². The highest BCUT2D eigenvalue weighted by Gasteiger charge is 2.33. The van der Waals surface area contributed by atoms with Gasteiger partial charge in [-0.25, -0.2) is 0 Å². The summed E-state index contributed by atoms with van der Waals surface area (Å²) in [6.45, 7) is 0.863. The van der Waals surface area contributed by atoms with Gasteiger partial charge in [0.25, 0.3) is 0 Å². The molecule has 20 heavy (non-hydrogen) atoms. The van der Waals surface area contributed by atoms with Crippen LogP contribution < -0.4 is 0 Å². The Balaban J connectivity index is 1.81. The van der Waals surface area contributed by atoms with E-state index in [0.29, 0.717) is 6.61 Å². The Bertz CT molecular complexity index is 606. The van der Waals surface area contributed by atoms with Crippen LogP contribution in [0.25, 0.3) is 0 Å². The number of ether oxygens (including phenoxy) is 1. The largest absolute Gasteiger partial charge is 0.435 e. The molecular weight excluding hydrogens is 269 g/mol. The quantitative estimate of drug-likeness (QED) is 0.845. The summed E-state index contributed by atoms with van der Waals surface area (Å²) in [5.41, 5.74) is 1.34. The van der Waals surface area contributed by atoms with Gasteiger partial charge in [-0.15, -0.1) is 0 Å². The van der Waals surface area contributed by atoms with E-state index in [1.54, 1.807) is 0 Å². The van der Waals surface area contributed by atoms with Crippen molar-refractivity contribution in [2.75, 3.05) is 6.61 Å². The van der Waals surface area contributed by atoms with E-state index in [0.717, 1.165) is 18.1 Å². The van der Waals surface area contributed by atoms with E-state index in [-0.39, 0.29) is 12.6 Å². The maximum Gasteiger partial charge on any atom is 0.435 e. The molecule has 0 saturated heterocycles. The molecule has 1 atom stereocenters. The second kappa shape index (κ2) is 4.94. The molecule has 1 aliphatic rings. The van der Waals surface area contributed by atoms with Crippen LogP contribution in [0.3, 0.4) is 0 Å². The monoisotopic (exact) mass is 282 g/mol. The van der Waals surface area contributed by atoms with Crippen LogP contribution in [0.5, 0.6) is 0 Å². The highest BCUT2D eigenvalue weighted by Crippen LogP contribution is 2.30. The van der Waals surface area contributed by atoms with Crippen LogP contribution in [0.2, 0.25) is 0 Å². The van der Waals surface area contributed by atoms with Crippen molar-refractivity contribution in [3.63, 3.8) is 0 Å². The molecule has 0 amide bonds. The van der Waals surface area contributed by atoms with E-state index in [2.05, 4.69) is 5.10 Å². The molecule has 3 nitrogen and oxygen atoms in total. The van der Waals surface area contributed by atoms with Crippen molar-refractivity contribution in [1.29, 1.82) is 0 Å². The third-order valence-corrected chi connectivity index (χ3v) is 3.38. The van der Waals surface area contributed by atoms with Gasteiger partial charge in [-0.2, -0.15) is 18.3 Å². The normalized spacial score (nSPS) is 18.9. The van der Waals surface area contributed by atoms with Crippen molar-refractivity contribution in [3.8, 4) is 0 Å². The first-order chi connectivity index (χ1) is 9.54. The Kier molecular flexibility index (Phi) is 3.25. The Labute approximate surface area is 114 Å². The second-order valence-corrected chi connectivity index (χ2v) is 4.73. The number of hydrogen-bond donors (Lipinski definition) is 0. The molecule has 3 rings (SSSR count). The first-order valence-electron chi connectivity index (χ1n) is 6.34. The van der Waals surface area contributed by atoms with Gasteiger partial charge in [0.1, 0.15) is 6.10 Å². The van der Waals surface area contributed by atoms with Crippen molar-refractivity contribution >= 4 is 0 Å². The fourth-order valence-corrected chi connectivity index (χ4v) is 2.41. The summed E-state index contributed by atoms with van der Waals surface area (Å²) >= 11 is 0. The lowest BCUT2D eigenvalue weighted by molar-refractivity contribution is -0.141. The smallest absolute Gasteiger partial charge is 0.371 e. The summed E-state index contributed by atoms with van der Waals surface area (Å²) in [4.78, 5) is 0. The average molecular weight is 282 g/mol. The molecule has 0 bridgehead atoms. The topological polar surface area (TPSA) is 27.1 Å². The average Bonchev–Trinajstić information content (AvgIpc) is 2.88. The van der Waals surface area contributed by atoms with E-state index in [4.69, 9.17) is 4.74 Å². The van der Waals surface area contributed by atoms with E-state index in [1.165, 1.54) is 16.4 Å². The first-order valence-corrected chi connectivity index (χ1v) is 6.34. The minimum Gasteiger partial charge on any atom is -0.371 e. The van der Waals surface area contributed by atoms with Crippen LogP contribution in [0.15, 0.2) is 36.5 Å². The first kappa shape index (κ1) is 13.2. The van der Waals surface area contributed by atoms with Gasteiger partial charge in [0.05, 0.1) is 13.2 Å². The van der Waals surface area contributed by atoms with Crippen molar-refractivity contribution < 1.29 is 17.9 Å². The lowest BCUT2D eigenvalue weighted by Gasteiger charge is -2.25. The summed E-state index contributed by atoms with van der Waals surface area (Å²) < 4.78 is 44.5. The lowest BCUT2D eigenvalue weighted by Crippen LogP contribution is -2.21. The zero-order valence-electron chi connectivity index (χ0n) is 10.6. The summed E-state index contributed by atoms with van der Waals surface area (Å²) in [5.74, 6) is 0. The molecule has 1 aromatic heterocycles. The summed E-state index contributed by atoms with van der Waals surface area (Å²) in [7, 11) is 0. The molecule has 0 radical (unpaired) electrons. The molecule has 0 fully saturated rings. The van der Waals surface area contributed by atoms with Crippen LogP contribution >= 0.6 is 0 Å². The van der Waals surface area contributed by atoms with Gasteiger partial charge in [0.2, 0.25) is 0 Å². The molecule has 1 aliphatic heterocycles. The fourth-order valence-electron chi connectivity index (χ4n) is 2.41. The van der Waals surface area contributed by atoms with E-state index >= 15 is 0 Å². The van der Waals surface area contributed by atoms with Crippen LogP contribution in [-0.2, 0) is 23.9 Å². The van der Waals surface area contributed by atoms with Gasteiger partial charge in [-0.1, -0.05) is 24.3 Å². The van der Waals surface area contributed by atoms with Crippen molar-refractivity contribution in [2.45, 2.75) is 25.2 Å². The van der Waals surface area contributed by atoms with Crippen LogP contribution in [-0.4, -0.2) is 16.4 Å². The maximum atomic E-state index is 12.5. The Morgan fingerprint density at radius 1 is 1.25 bits per heavy atom. The molecule has 6 heteroatoms. The van der Waals surface area contributed by atoms with Crippen LogP contribution in [0.1, 0.15) is 22.9 Å². The highest BCUT2D eigenvalue weighted by atomic mass is 19.4. The lowest BCUT2D eigenvalue weighted by atomic mass is 9.98. The van der Waals surface area contributed by atoms with Crippen LogP contribution in [0.4, 0.5) is 13.2 Å². The maximum absolute atomic E-state index is 12.5. The number of aromatic nitrogens is 2. The number of hydrogen-bond acceptors (Lipinski definition) is 2. The van der Waals surface area contributed by atoms with Crippen LogP contribution in [0, 0.1) is 0 Å². The predicted octanol–water partition coefficient (Wildman–Crippen LogP) is 3.22. The zero-order valence-corrected chi connectivity index (χ0v) is 10.6. The summed E-state index contributed by atoms with van der Waals surface area (Å²) in [6.07, 6.45) is -2.49. The minimum absolute atomic E-state index is 0.249. The third kappa shape index (κ3) is 2.56. The van der Waals surface area contributed by atoms with E-state index in [1.807, 2.05) is 24.3 Å². The zero-order chi connectivity index (χ0) is 14.2. The predicted molar refractivity (Wildman–Crippen MR) is 66.1 cm³/mol. The highest BCUT2D eigenvalue weighted by molar-refractivity contribution is 5.30. The van der Waals surface area contributed by atoms with Gasteiger partial charge in [-0.05, 0) is 23.6 Å². The number of rotatable bonds is 2. The van der Waals surface area contributed by atoms with E-state index in [9.17, 15) is 13.2 Å². The molecule has 2 heterocycles. The molecule has 0 N–H and O–H groups in total. The molecule has 0 saturated carbocycles. The number of nitrogens with zero attached hydrogens (tertiary/aromatic N) is 2. The van der Waals surface area contributed by atoms with Crippen molar-refractivity contribution in [3.05, 3.63) is 53.3 Å². The molecular formula is C14H13F3N2O. The minimum atomic E-state index is -4.41. The van der Waals surface area contributed by atoms with Gasteiger partial charge >= 0.3 is 6.18 Å². The van der Waals surface area contributed by atoms with Gasteiger partial charge in [-0.3, -0.25) is 4.68 Å². The summed E-state index contributed by atoms with van der Waals surface area (Å²) in [6, 6.07) is 8.82. The van der Waals surface area contributed by atoms with Gasteiger partial charge in [0.15, 0.2) is 5.69 Å². The molecule has 0 aliphatic carbocycles. The molecule has 0 spiro atoms. The van der Waals surface area contributed by atoms with Gasteiger partial charge in [0, 0.05) is 6.20 Å². The Morgan fingerprint density at radius 3 is 2.80 bits per heavy atom. The number of halogens is 3. The second-order valence-electron chi connectivity index (χ2n) is 4.73. The molecule has 1 unspecified atom stereocenters. The van der Waals surface area contributed by atoms with Gasteiger partial charge < -0.3 is 4.74 Å². The number of benzene rings is 1. The molecule has 2 aromatic rings.